The van der Waals surface area contributed by atoms with E-state index in [1.54, 1.807) is 6.07 Å². The van der Waals surface area contributed by atoms with E-state index in [9.17, 15) is 27.2 Å². The fraction of sp³-hybridized carbons (Fsp3) is 0.389. The van der Waals surface area contributed by atoms with Crippen LogP contribution in [0, 0.1) is 11.7 Å². The highest BCUT2D eigenvalue weighted by molar-refractivity contribution is 7.19. The Kier molecular flexibility index (Phi) is 4.72. The van der Waals surface area contributed by atoms with Crippen LogP contribution < -0.4 is 11.1 Å². The van der Waals surface area contributed by atoms with E-state index in [0.29, 0.717) is 16.9 Å². The van der Waals surface area contributed by atoms with Crippen LogP contribution in [0.3, 0.4) is 0 Å². The van der Waals surface area contributed by atoms with Gasteiger partial charge in [0.15, 0.2) is 5.13 Å². The van der Waals surface area contributed by atoms with Gasteiger partial charge in [-0.25, -0.2) is 9.37 Å². The Morgan fingerprint density at radius 2 is 2.07 bits per heavy atom. The van der Waals surface area contributed by atoms with Crippen LogP contribution in [0.15, 0.2) is 24.3 Å². The SMILES string of the molecule is Nc1nc(C(=O)N2[C@H](CNC(=O)C(F)(F)F)C[C@@H]3C[C@@H]32)c(-c2cccc(F)c2)s1. The molecule has 1 aliphatic carbocycles. The molecule has 6 nitrogen and oxygen atoms in total. The van der Waals surface area contributed by atoms with E-state index in [-0.39, 0.29) is 29.3 Å². The summed E-state index contributed by atoms with van der Waals surface area (Å²) < 4.78 is 51.0. The first-order valence-corrected chi connectivity index (χ1v) is 9.66. The van der Waals surface area contributed by atoms with Crippen LogP contribution in [-0.4, -0.2) is 46.5 Å². The largest absolute Gasteiger partial charge is 0.471 e. The molecule has 1 aromatic heterocycles. The fourth-order valence-electron chi connectivity index (χ4n) is 3.80. The van der Waals surface area contributed by atoms with Gasteiger partial charge in [0.1, 0.15) is 11.5 Å². The number of nitrogens with two attached hydrogens (primary N) is 1. The Hall–Kier alpha value is -2.69. The number of alkyl halides is 3. The number of carbonyl (C=O) groups is 2. The smallest absolute Gasteiger partial charge is 0.375 e. The number of benzene rings is 1. The zero-order chi connectivity index (χ0) is 20.9. The fourth-order valence-corrected chi connectivity index (χ4v) is 4.62. The maximum atomic E-state index is 13.6. The van der Waals surface area contributed by atoms with Crippen molar-refractivity contribution in [2.75, 3.05) is 12.3 Å². The maximum Gasteiger partial charge on any atom is 0.471 e. The van der Waals surface area contributed by atoms with Crippen molar-refractivity contribution in [2.24, 2.45) is 5.92 Å². The number of thiazole rings is 1. The van der Waals surface area contributed by atoms with Crippen LogP contribution in [0.25, 0.3) is 10.4 Å². The van der Waals surface area contributed by atoms with Crippen LogP contribution in [0.2, 0.25) is 0 Å². The van der Waals surface area contributed by atoms with Crippen molar-refractivity contribution in [1.82, 2.24) is 15.2 Å². The number of likely N-dealkylation sites (tertiary alicyclic amines) is 1. The van der Waals surface area contributed by atoms with Gasteiger partial charge in [-0.05, 0) is 36.5 Å². The predicted molar refractivity (Wildman–Crippen MR) is 97.5 cm³/mol. The number of aromatic nitrogens is 1. The number of anilines is 1. The molecule has 1 saturated carbocycles. The monoisotopic (exact) mass is 428 g/mol. The minimum atomic E-state index is -4.98. The summed E-state index contributed by atoms with van der Waals surface area (Å²) in [5.74, 6) is -2.80. The van der Waals surface area contributed by atoms with E-state index in [0.717, 1.165) is 17.8 Å². The van der Waals surface area contributed by atoms with Crippen LogP contribution in [0.5, 0.6) is 0 Å². The molecule has 1 aliphatic heterocycles. The van der Waals surface area contributed by atoms with E-state index in [4.69, 9.17) is 5.73 Å². The number of carbonyl (C=O) groups excluding carboxylic acids is 2. The van der Waals surface area contributed by atoms with E-state index in [1.807, 2.05) is 5.32 Å². The van der Waals surface area contributed by atoms with Crippen molar-refractivity contribution in [3.8, 4) is 10.4 Å². The Balaban J connectivity index is 1.58. The molecule has 1 aromatic carbocycles. The predicted octanol–water partition coefficient (Wildman–Crippen LogP) is 2.81. The summed E-state index contributed by atoms with van der Waals surface area (Å²) in [6.07, 6.45) is -3.72. The van der Waals surface area contributed by atoms with Crippen molar-refractivity contribution in [2.45, 2.75) is 31.1 Å². The summed E-state index contributed by atoms with van der Waals surface area (Å²) in [6, 6.07) is 4.98. The molecule has 0 bridgehead atoms. The van der Waals surface area contributed by atoms with Crippen molar-refractivity contribution < 1.29 is 27.2 Å². The first-order valence-electron chi connectivity index (χ1n) is 8.85. The first-order chi connectivity index (χ1) is 13.6. The van der Waals surface area contributed by atoms with Gasteiger partial charge >= 0.3 is 12.1 Å². The molecular formula is C18H16F4N4O2S. The van der Waals surface area contributed by atoms with E-state index >= 15 is 0 Å². The van der Waals surface area contributed by atoms with E-state index in [1.165, 1.54) is 23.1 Å². The van der Waals surface area contributed by atoms with Crippen molar-refractivity contribution >= 4 is 28.3 Å². The van der Waals surface area contributed by atoms with Gasteiger partial charge in [0.25, 0.3) is 5.91 Å². The van der Waals surface area contributed by atoms with Crippen molar-refractivity contribution in [3.63, 3.8) is 0 Å². The number of hydrogen-bond donors (Lipinski definition) is 2. The number of nitrogens with zero attached hydrogens (tertiary/aromatic N) is 2. The van der Waals surface area contributed by atoms with Gasteiger partial charge in [0.2, 0.25) is 0 Å². The number of hydrogen-bond acceptors (Lipinski definition) is 5. The zero-order valence-electron chi connectivity index (χ0n) is 14.9. The summed E-state index contributed by atoms with van der Waals surface area (Å²) in [5.41, 5.74) is 6.26. The summed E-state index contributed by atoms with van der Waals surface area (Å²) in [7, 11) is 0. The lowest BCUT2D eigenvalue weighted by Gasteiger charge is -2.27. The normalized spacial score (nSPS) is 23.0. The zero-order valence-corrected chi connectivity index (χ0v) is 15.7. The lowest BCUT2D eigenvalue weighted by Crippen LogP contribution is -2.48. The summed E-state index contributed by atoms with van der Waals surface area (Å²) >= 11 is 1.03. The molecule has 2 aromatic rings. The highest BCUT2D eigenvalue weighted by atomic mass is 32.1. The molecule has 3 atom stereocenters. The third-order valence-corrected chi connectivity index (χ3v) is 6.07. The average molecular weight is 428 g/mol. The lowest BCUT2D eigenvalue weighted by atomic mass is 10.1. The third-order valence-electron chi connectivity index (χ3n) is 5.13. The van der Waals surface area contributed by atoms with Gasteiger partial charge in [0.05, 0.1) is 10.9 Å². The average Bonchev–Trinajstić information content (AvgIpc) is 3.13. The number of nitrogen functional groups attached to an aromatic ring is 1. The molecule has 29 heavy (non-hydrogen) atoms. The molecule has 11 heteroatoms. The number of rotatable bonds is 4. The van der Waals surface area contributed by atoms with E-state index in [2.05, 4.69) is 4.98 Å². The van der Waals surface area contributed by atoms with Crippen LogP contribution >= 0.6 is 11.3 Å². The molecule has 2 fully saturated rings. The molecule has 0 radical (unpaired) electrons. The number of halogens is 4. The van der Waals surface area contributed by atoms with Gasteiger partial charge in [-0.3, -0.25) is 9.59 Å². The summed E-state index contributed by atoms with van der Waals surface area (Å²) in [5, 5.41) is 1.98. The summed E-state index contributed by atoms with van der Waals surface area (Å²) in [6.45, 7) is -0.300. The topological polar surface area (TPSA) is 88.3 Å². The Morgan fingerprint density at radius 3 is 2.76 bits per heavy atom. The second kappa shape index (κ2) is 6.97. The molecule has 2 amide bonds. The lowest BCUT2D eigenvalue weighted by molar-refractivity contribution is -0.173. The van der Waals surface area contributed by atoms with Crippen LogP contribution in [0.4, 0.5) is 22.7 Å². The van der Waals surface area contributed by atoms with Gasteiger partial charge in [-0.2, -0.15) is 13.2 Å². The molecule has 0 unspecified atom stereocenters. The Labute approximate surface area is 166 Å². The van der Waals surface area contributed by atoms with Crippen LogP contribution in [0.1, 0.15) is 23.3 Å². The third kappa shape index (κ3) is 3.78. The van der Waals surface area contributed by atoms with E-state index < -0.39 is 29.8 Å². The van der Waals surface area contributed by atoms with Gasteiger partial charge in [0, 0.05) is 12.6 Å². The number of amides is 2. The second-order valence-electron chi connectivity index (χ2n) is 7.11. The van der Waals surface area contributed by atoms with Crippen LogP contribution in [-0.2, 0) is 4.79 Å². The highest BCUT2D eigenvalue weighted by Gasteiger charge is 2.54. The molecular weight excluding hydrogens is 412 g/mol. The van der Waals surface area contributed by atoms with Crippen molar-refractivity contribution in [3.05, 3.63) is 35.8 Å². The van der Waals surface area contributed by atoms with Gasteiger partial charge in [-0.15, -0.1) is 0 Å². The minimum Gasteiger partial charge on any atom is -0.375 e. The Bertz CT molecular complexity index is 977. The van der Waals surface area contributed by atoms with Gasteiger partial charge < -0.3 is 16.0 Å². The molecule has 0 spiro atoms. The number of piperidine rings is 1. The van der Waals surface area contributed by atoms with Crippen molar-refractivity contribution in [1.29, 1.82) is 0 Å². The highest BCUT2D eigenvalue weighted by Crippen LogP contribution is 2.49. The standard InChI is InChI=1S/C18H16F4N4O2S/c19-10-3-1-2-8(4-10)14-13(25-17(23)29-14)15(27)26-11(5-9-6-12(9)26)7-24-16(28)18(20,21)22/h1-4,9,11-12H,5-7H2,(H2,23,25)(H,24,28)/t9-,11+,12+/m1/s1. The molecule has 2 aliphatic rings. The first kappa shape index (κ1) is 19.6. The minimum absolute atomic E-state index is 0.0396. The molecule has 2 heterocycles. The quantitative estimate of drug-likeness (QED) is 0.733. The van der Waals surface area contributed by atoms with Gasteiger partial charge in [-0.1, -0.05) is 23.5 Å². The molecule has 3 N–H and O–H groups in total. The Morgan fingerprint density at radius 1 is 1.31 bits per heavy atom. The molecule has 4 rings (SSSR count). The number of fused-ring (bicyclic) bond motifs is 1. The molecule has 1 saturated heterocycles. The maximum absolute atomic E-state index is 13.6. The molecule has 154 valence electrons. The second-order valence-corrected chi connectivity index (χ2v) is 8.14. The number of nitrogens with one attached hydrogen (secondary N) is 1. The summed E-state index contributed by atoms with van der Waals surface area (Å²) in [4.78, 5) is 30.3.